The topological polar surface area (TPSA) is 0 Å². The van der Waals surface area contributed by atoms with E-state index < -0.39 is 0 Å². The molecule has 0 unspecified atom stereocenters. The normalized spacial score (nSPS) is 14.8. The van der Waals surface area contributed by atoms with Crippen LogP contribution >= 0.6 is 0 Å². The van der Waals surface area contributed by atoms with Crippen LogP contribution in [0.3, 0.4) is 0 Å². The number of rotatable bonds is 2. The van der Waals surface area contributed by atoms with Crippen molar-refractivity contribution in [3.63, 3.8) is 0 Å². The van der Waals surface area contributed by atoms with Gasteiger partial charge >= 0.3 is 0 Å². The molecule has 0 saturated heterocycles. The molecular weight excluding hydrogens is 144 g/mol. The van der Waals surface area contributed by atoms with Crippen LogP contribution in [0.15, 0.2) is 36.9 Å². The fourth-order valence-corrected chi connectivity index (χ4v) is 1.50. The first-order valence-electron chi connectivity index (χ1n) is 4.32. The molecule has 0 bridgehead atoms. The summed E-state index contributed by atoms with van der Waals surface area (Å²) in [7, 11) is 0. The molecule has 1 aromatic carbocycles. The third kappa shape index (κ3) is 1.10. The Morgan fingerprint density at radius 3 is 2.58 bits per heavy atom. The fraction of sp³-hybridized carbons (Fsp3) is 0.167. The Hall–Kier alpha value is -1.30. The molecule has 0 nitrogen and oxygen atoms in total. The van der Waals surface area contributed by atoms with Crippen molar-refractivity contribution in [1.29, 1.82) is 0 Å². The van der Waals surface area contributed by atoms with Gasteiger partial charge in [-0.05, 0) is 29.5 Å². The zero-order valence-electron chi connectivity index (χ0n) is 7.09. The zero-order chi connectivity index (χ0) is 8.39. The molecule has 0 fully saturated rings. The van der Waals surface area contributed by atoms with Gasteiger partial charge in [0.05, 0.1) is 0 Å². The Balaban J connectivity index is 2.47. The van der Waals surface area contributed by atoms with Gasteiger partial charge in [-0.25, -0.2) is 0 Å². The van der Waals surface area contributed by atoms with Crippen LogP contribution in [0.2, 0.25) is 0 Å². The second-order valence-corrected chi connectivity index (χ2v) is 3.06. The van der Waals surface area contributed by atoms with Crippen LogP contribution in [-0.4, -0.2) is 0 Å². The maximum Gasteiger partial charge on any atom is -0.0155 e. The molecule has 60 valence electrons. The molecule has 1 aromatic rings. The molecule has 0 radical (unpaired) electrons. The van der Waals surface area contributed by atoms with E-state index in [1.165, 1.54) is 29.5 Å². The standard InChI is InChI=1S/C12H12/c1-2-10-6-3-4-9-12(10)11-7-5-8-11/h2-4,6-7,9H,1,5,8H2. The van der Waals surface area contributed by atoms with E-state index in [9.17, 15) is 0 Å². The summed E-state index contributed by atoms with van der Waals surface area (Å²) in [4.78, 5) is 0. The molecule has 12 heavy (non-hydrogen) atoms. The van der Waals surface area contributed by atoms with Crippen LogP contribution in [0.4, 0.5) is 0 Å². The molecule has 1 aliphatic carbocycles. The van der Waals surface area contributed by atoms with Gasteiger partial charge in [0.2, 0.25) is 0 Å². The number of hydrogen-bond donors (Lipinski definition) is 0. The van der Waals surface area contributed by atoms with Gasteiger partial charge < -0.3 is 0 Å². The summed E-state index contributed by atoms with van der Waals surface area (Å²) in [6.45, 7) is 3.81. The van der Waals surface area contributed by atoms with Crippen molar-refractivity contribution in [3.05, 3.63) is 48.0 Å². The molecule has 0 heterocycles. The van der Waals surface area contributed by atoms with Gasteiger partial charge in [-0.15, -0.1) is 0 Å². The van der Waals surface area contributed by atoms with Crippen LogP contribution in [0.25, 0.3) is 11.6 Å². The lowest BCUT2D eigenvalue weighted by Gasteiger charge is -2.16. The first-order valence-corrected chi connectivity index (χ1v) is 4.32. The van der Waals surface area contributed by atoms with Crippen LogP contribution in [-0.2, 0) is 0 Å². The van der Waals surface area contributed by atoms with E-state index >= 15 is 0 Å². The van der Waals surface area contributed by atoms with Crippen molar-refractivity contribution in [1.82, 2.24) is 0 Å². The van der Waals surface area contributed by atoms with E-state index in [2.05, 4.69) is 36.9 Å². The molecule has 0 amide bonds. The molecule has 2 rings (SSSR count). The van der Waals surface area contributed by atoms with Gasteiger partial charge in [0.25, 0.3) is 0 Å². The first kappa shape index (κ1) is 7.35. The van der Waals surface area contributed by atoms with Gasteiger partial charge in [-0.1, -0.05) is 43.0 Å². The van der Waals surface area contributed by atoms with Crippen LogP contribution in [0.5, 0.6) is 0 Å². The SMILES string of the molecule is C=Cc1ccccc1C1=CCC1. The zero-order valence-corrected chi connectivity index (χ0v) is 7.09. The highest BCUT2D eigenvalue weighted by Gasteiger charge is 2.09. The van der Waals surface area contributed by atoms with Gasteiger partial charge in [0.15, 0.2) is 0 Å². The summed E-state index contributed by atoms with van der Waals surface area (Å²) >= 11 is 0. The maximum absolute atomic E-state index is 3.81. The summed E-state index contributed by atoms with van der Waals surface area (Å²) in [6, 6.07) is 8.42. The molecule has 0 heteroatoms. The van der Waals surface area contributed by atoms with Crippen LogP contribution in [0, 0.1) is 0 Å². The van der Waals surface area contributed by atoms with Crippen LogP contribution in [0.1, 0.15) is 24.0 Å². The Morgan fingerprint density at radius 1 is 1.25 bits per heavy atom. The lowest BCUT2D eigenvalue weighted by atomic mass is 9.89. The van der Waals surface area contributed by atoms with E-state index in [0.29, 0.717) is 0 Å². The van der Waals surface area contributed by atoms with E-state index in [-0.39, 0.29) is 0 Å². The Kier molecular flexibility index (Phi) is 1.83. The fourth-order valence-electron chi connectivity index (χ4n) is 1.50. The summed E-state index contributed by atoms with van der Waals surface area (Å²) in [5.41, 5.74) is 4.09. The van der Waals surface area contributed by atoms with Crippen molar-refractivity contribution >= 4 is 11.6 Å². The molecule has 0 saturated carbocycles. The van der Waals surface area contributed by atoms with Crippen molar-refractivity contribution < 1.29 is 0 Å². The second-order valence-electron chi connectivity index (χ2n) is 3.06. The summed E-state index contributed by atoms with van der Waals surface area (Å²) in [5.74, 6) is 0. The maximum atomic E-state index is 3.81. The second kappa shape index (κ2) is 2.98. The lowest BCUT2D eigenvalue weighted by molar-refractivity contribution is 0.987. The highest BCUT2D eigenvalue weighted by molar-refractivity contribution is 5.76. The Morgan fingerprint density at radius 2 is 2.00 bits per heavy atom. The van der Waals surface area contributed by atoms with E-state index in [1.807, 2.05) is 6.08 Å². The predicted octanol–water partition coefficient (Wildman–Crippen LogP) is 3.51. The van der Waals surface area contributed by atoms with Crippen molar-refractivity contribution in [2.75, 3.05) is 0 Å². The number of allylic oxidation sites excluding steroid dienone is 2. The molecule has 0 atom stereocenters. The Labute approximate surface area is 73.2 Å². The van der Waals surface area contributed by atoms with Gasteiger partial charge in [-0.2, -0.15) is 0 Å². The van der Waals surface area contributed by atoms with Crippen molar-refractivity contribution in [3.8, 4) is 0 Å². The largest absolute Gasteiger partial charge is 0.0984 e. The third-order valence-corrected chi connectivity index (χ3v) is 2.33. The van der Waals surface area contributed by atoms with Gasteiger partial charge in [-0.3, -0.25) is 0 Å². The average molecular weight is 156 g/mol. The lowest BCUT2D eigenvalue weighted by Crippen LogP contribution is -1.95. The molecule has 0 N–H and O–H groups in total. The molecule has 0 aromatic heterocycles. The summed E-state index contributed by atoms with van der Waals surface area (Å²) < 4.78 is 0. The smallest absolute Gasteiger partial charge is 0.0155 e. The van der Waals surface area contributed by atoms with Crippen molar-refractivity contribution in [2.45, 2.75) is 12.8 Å². The quantitative estimate of drug-likeness (QED) is 0.614. The first-order chi connectivity index (χ1) is 5.92. The minimum absolute atomic E-state index is 1.23. The average Bonchev–Trinajstić information content (AvgIpc) is 2.02. The Bertz CT molecular complexity index is 332. The van der Waals surface area contributed by atoms with Gasteiger partial charge in [0.1, 0.15) is 0 Å². The molecule has 0 aliphatic heterocycles. The monoisotopic (exact) mass is 156 g/mol. The number of benzene rings is 1. The number of hydrogen-bond acceptors (Lipinski definition) is 0. The molecular formula is C12H12. The van der Waals surface area contributed by atoms with E-state index in [0.717, 1.165) is 0 Å². The highest BCUT2D eigenvalue weighted by Crippen LogP contribution is 2.31. The predicted molar refractivity (Wildman–Crippen MR) is 53.7 cm³/mol. The van der Waals surface area contributed by atoms with E-state index in [4.69, 9.17) is 0 Å². The summed E-state index contributed by atoms with van der Waals surface area (Å²) in [5, 5.41) is 0. The summed E-state index contributed by atoms with van der Waals surface area (Å²) in [6.07, 6.45) is 6.68. The highest BCUT2D eigenvalue weighted by atomic mass is 14.1. The molecule has 1 aliphatic rings. The van der Waals surface area contributed by atoms with Crippen molar-refractivity contribution in [2.24, 2.45) is 0 Å². The minimum atomic E-state index is 1.23. The van der Waals surface area contributed by atoms with E-state index in [1.54, 1.807) is 0 Å². The van der Waals surface area contributed by atoms with Crippen LogP contribution < -0.4 is 0 Å². The minimum Gasteiger partial charge on any atom is -0.0984 e. The molecule has 0 spiro atoms. The van der Waals surface area contributed by atoms with Gasteiger partial charge in [0, 0.05) is 0 Å². The third-order valence-electron chi connectivity index (χ3n) is 2.33.